The molecule has 0 bridgehead atoms. The average molecular weight is 423 g/mol. The van der Waals surface area contributed by atoms with Crippen molar-refractivity contribution in [3.8, 4) is 22.8 Å². The molecule has 3 rings (SSSR count). The van der Waals surface area contributed by atoms with Crippen molar-refractivity contribution < 1.29 is 0 Å². The van der Waals surface area contributed by atoms with Gasteiger partial charge in [0.15, 0.2) is 0 Å². The van der Waals surface area contributed by atoms with Crippen molar-refractivity contribution in [1.29, 1.82) is 0 Å². The number of nitrogens with zero attached hydrogens (tertiary/aromatic N) is 2. The zero-order valence-corrected chi connectivity index (χ0v) is 14.7. The standard InChI is InChI=1S/C15H9Br2N3S/c16-11-5-1-9(2-6-11)13-18-14(20-15(21)19-13)10-3-7-12(17)8-4-10/h1-8H,(H,18,19,20,21). The Morgan fingerprint density at radius 3 is 1.48 bits per heavy atom. The zero-order chi connectivity index (χ0) is 14.8. The lowest BCUT2D eigenvalue weighted by atomic mass is 10.2. The maximum absolute atomic E-state index is 5.18. The molecule has 104 valence electrons. The van der Waals surface area contributed by atoms with Gasteiger partial charge in [0, 0.05) is 20.1 Å². The smallest absolute Gasteiger partial charge is 0.223 e. The van der Waals surface area contributed by atoms with Crippen LogP contribution in [0.4, 0.5) is 0 Å². The molecule has 0 radical (unpaired) electrons. The van der Waals surface area contributed by atoms with Gasteiger partial charge in [0.2, 0.25) is 4.77 Å². The van der Waals surface area contributed by atoms with Gasteiger partial charge >= 0.3 is 0 Å². The Morgan fingerprint density at radius 1 is 0.714 bits per heavy atom. The van der Waals surface area contributed by atoms with Crippen LogP contribution in [0.1, 0.15) is 0 Å². The predicted molar refractivity (Wildman–Crippen MR) is 93.5 cm³/mol. The Balaban J connectivity index is 2.10. The first-order valence-electron chi connectivity index (χ1n) is 6.12. The van der Waals surface area contributed by atoms with Crippen molar-refractivity contribution in [3.05, 3.63) is 62.2 Å². The summed E-state index contributed by atoms with van der Waals surface area (Å²) in [5.74, 6) is 1.42. The molecule has 3 aromatic rings. The number of aromatic nitrogens is 3. The van der Waals surface area contributed by atoms with Crippen molar-refractivity contribution in [2.75, 3.05) is 0 Å². The van der Waals surface area contributed by atoms with E-state index in [1.54, 1.807) is 0 Å². The van der Waals surface area contributed by atoms with Gasteiger partial charge in [-0.1, -0.05) is 56.1 Å². The Bertz CT molecular complexity index is 760. The molecule has 1 heterocycles. The fraction of sp³-hybridized carbons (Fsp3) is 0. The molecule has 0 unspecified atom stereocenters. The van der Waals surface area contributed by atoms with E-state index in [0.29, 0.717) is 16.4 Å². The van der Waals surface area contributed by atoms with Gasteiger partial charge in [0.1, 0.15) is 11.6 Å². The highest BCUT2D eigenvalue weighted by molar-refractivity contribution is 9.10. The molecule has 3 nitrogen and oxygen atoms in total. The van der Waals surface area contributed by atoms with Crippen LogP contribution in [0.2, 0.25) is 0 Å². The van der Waals surface area contributed by atoms with Crippen LogP contribution in [0.5, 0.6) is 0 Å². The van der Waals surface area contributed by atoms with Gasteiger partial charge in [-0.05, 0) is 36.5 Å². The number of aromatic amines is 1. The molecular weight excluding hydrogens is 414 g/mol. The maximum Gasteiger partial charge on any atom is 0.223 e. The highest BCUT2D eigenvalue weighted by Gasteiger charge is 2.06. The topological polar surface area (TPSA) is 41.6 Å². The van der Waals surface area contributed by atoms with Crippen LogP contribution in [-0.2, 0) is 0 Å². The summed E-state index contributed by atoms with van der Waals surface area (Å²) in [7, 11) is 0. The zero-order valence-electron chi connectivity index (χ0n) is 10.7. The van der Waals surface area contributed by atoms with Gasteiger partial charge in [-0.25, -0.2) is 9.97 Å². The van der Waals surface area contributed by atoms with Crippen LogP contribution in [0.25, 0.3) is 22.8 Å². The normalized spacial score (nSPS) is 10.6. The summed E-state index contributed by atoms with van der Waals surface area (Å²) in [4.78, 5) is 11.8. The SMILES string of the molecule is S=c1nc(-c2ccc(Br)cc2)[nH]c(-c2ccc(Br)cc2)n1. The van der Waals surface area contributed by atoms with E-state index in [9.17, 15) is 0 Å². The molecule has 0 saturated carbocycles. The maximum atomic E-state index is 5.18. The highest BCUT2D eigenvalue weighted by Crippen LogP contribution is 2.22. The Labute approximate surface area is 143 Å². The minimum Gasteiger partial charge on any atom is -0.324 e. The van der Waals surface area contributed by atoms with Gasteiger partial charge in [-0.2, -0.15) is 0 Å². The molecule has 0 amide bonds. The summed E-state index contributed by atoms with van der Waals surface area (Å²) in [6.45, 7) is 0. The third kappa shape index (κ3) is 3.45. The fourth-order valence-corrected chi connectivity index (χ4v) is 2.58. The fourth-order valence-electron chi connectivity index (χ4n) is 1.87. The third-order valence-electron chi connectivity index (χ3n) is 2.89. The summed E-state index contributed by atoms with van der Waals surface area (Å²) in [5.41, 5.74) is 1.93. The summed E-state index contributed by atoms with van der Waals surface area (Å²) >= 11 is 12.0. The minimum absolute atomic E-state index is 0.324. The first kappa shape index (κ1) is 14.6. The third-order valence-corrected chi connectivity index (χ3v) is 4.13. The number of nitrogens with one attached hydrogen (secondary N) is 1. The number of rotatable bonds is 2. The monoisotopic (exact) mass is 421 g/mol. The quantitative estimate of drug-likeness (QED) is 0.562. The van der Waals surface area contributed by atoms with E-state index in [-0.39, 0.29) is 0 Å². The molecule has 0 atom stereocenters. The molecule has 0 fully saturated rings. The summed E-state index contributed by atoms with van der Waals surface area (Å²) in [6, 6.07) is 15.8. The van der Waals surface area contributed by atoms with Crippen molar-refractivity contribution in [1.82, 2.24) is 15.0 Å². The van der Waals surface area contributed by atoms with E-state index in [1.807, 2.05) is 48.5 Å². The molecule has 0 aliphatic rings. The van der Waals surface area contributed by atoms with E-state index in [2.05, 4.69) is 46.8 Å². The lowest BCUT2D eigenvalue weighted by molar-refractivity contribution is 1.04. The molecule has 6 heteroatoms. The summed E-state index contributed by atoms with van der Waals surface area (Å²) < 4.78 is 2.36. The highest BCUT2D eigenvalue weighted by atomic mass is 79.9. The van der Waals surface area contributed by atoms with E-state index < -0.39 is 0 Å². The van der Waals surface area contributed by atoms with Crippen LogP contribution in [0.15, 0.2) is 57.5 Å². The second-order valence-corrected chi connectivity index (χ2v) is 6.54. The van der Waals surface area contributed by atoms with Crippen LogP contribution in [0, 0.1) is 4.77 Å². The minimum atomic E-state index is 0.324. The predicted octanol–water partition coefficient (Wildman–Crippen LogP) is 5.39. The first-order chi connectivity index (χ1) is 10.1. The van der Waals surface area contributed by atoms with E-state index in [0.717, 1.165) is 20.1 Å². The van der Waals surface area contributed by atoms with E-state index >= 15 is 0 Å². The number of benzene rings is 2. The van der Waals surface area contributed by atoms with Gasteiger partial charge in [0.25, 0.3) is 0 Å². The van der Waals surface area contributed by atoms with Crippen molar-refractivity contribution in [2.24, 2.45) is 0 Å². The van der Waals surface area contributed by atoms with Crippen LogP contribution in [-0.4, -0.2) is 15.0 Å². The molecular formula is C15H9Br2N3S. The largest absolute Gasteiger partial charge is 0.324 e. The van der Waals surface area contributed by atoms with Crippen LogP contribution >= 0.6 is 44.1 Å². The number of halogens is 2. The van der Waals surface area contributed by atoms with Crippen LogP contribution in [0.3, 0.4) is 0 Å². The second-order valence-electron chi connectivity index (χ2n) is 4.34. The molecule has 0 aliphatic heterocycles. The molecule has 1 N–H and O–H groups in total. The van der Waals surface area contributed by atoms with Gasteiger partial charge in [0.05, 0.1) is 0 Å². The first-order valence-corrected chi connectivity index (χ1v) is 8.11. The number of hydrogen-bond acceptors (Lipinski definition) is 3. The molecule has 0 aliphatic carbocycles. The Hall–Kier alpha value is -1.37. The Kier molecular flexibility index (Phi) is 4.28. The summed E-state index contributed by atoms with van der Waals surface area (Å²) in [5, 5.41) is 0. The molecule has 2 aromatic carbocycles. The van der Waals surface area contributed by atoms with Gasteiger partial charge in [-0.3, -0.25) is 0 Å². The number of H-pyrrole nitrogens is 1. The average Bonchev–Trinajstić information content (AvgIpc) is 2.48. The van der Waals surface area contributed by atoms with E-state index in [4.69, 9.17) is 12.2 Å². The summed E-state index contributed by atoms with van der Waals surface area (Å²) in [6.07, 6.45) is 0. The van der Waals surface area contributed by atoms with Crippen molar-refractivity contribution >= 4 is 44.1 Å². The molecule has 21 heavy (non-hydrogen) atoms. The van der Waals surface area contributed by atoms with Crippen molar-refractivity contribution in [2.45, 2.75) is 0 Å². The van der Waals surface area contributed by atoms with E-state index in [1.165, 1.54) is 0 Å². The van der Waals surface area contributed by atoms with Gasteiger partial charge in [-0.15, -0.1) is 0 Å². The van der Waals surface area contributed by atoms with Crippen molar-refractivity contribution in [3.63, 3.8) is 0 Å². The number of hydrogen-bond donors (Lipinski definition) is 1. The Morgan fingerprint density at radius 2 is 1.10 bits per heavy atom. The second kappa shape index (κ2) is 6.17. The van der Waals surface area contributed by atoms with Crippen LogP contribution < -0.4 is 0 Å². The lowest BCUT2D eigenvalue weighted by Crippen LogP contribution is -1.96. The molecule has 0 saturated heterocycles. The lowest BCUT2D eigenvalue weighted by Gasteiger charge is -2.06. The molecule has 1 aromatic heterocycles. The molecule has 0 spiro atoms. The van der Waals surface area contributed by atoms with Gasteiger partial charge < -0.3 is 4.98 Å².